The third kappa shape index (κ3) is 2.51. The van der Waals surface area contributed by atoms with Gasteiger partial charge >= 0.3 is 0 Å². The Balaban J connectivity index is 1.64. The molecular weight excluding hydrogens is 320 g/mol. The van der Waals surface area contributed by atoms with Crippen molar-refractivity contribution in [1.82, 2.24) is 29.3 Å². The molecule has 3 aromatic rings. The lowest BCUT2D eigenvalue weighted by atomic mass is 10.3. The summed E-state index contributed by atoms with van der Waals surface area (Å²) in [4.78, 5) is 30.3. The molecule has 0 bridgehead atoms. The van der Waals surface area contributed by atoms with Crippen molar-refractivity contribution in [1.29, 1.82) is 0 Å². The van der Waals surface area contributed by atoms with Gasteiger partial charge in [0.15, 0.2) is 5.52 Å². The predicted molar refractivity (Wildman–Crippen MR) is 94.9 cm³/mol. The Morgan fingerprint density at radius 3 is 2.32 bits per heavy atom. The largest absolute Gasteiger partial charge is 0.339 e. The maximum atomic E-state index is 12.7. The summed E-state index contributed by atoms with van der Waals surface area (Å²) in [5, 5.41) is 4.33. The zero-order valence-electron chi connectivity index (χ0n) is 14.5. The first-order chi connectivity index (χ1) is 12.1. The standard InChI is InChI=1S/C16H20N8O/c1-11-12-13(22(3)20-11)14(25)21(2)16(19-12)24-9-7-23(8-10-24)15-17-5-4-6-18-15/h4-6H,7-10H2,1-3H3. The Hall–Kier alpha value is -2.97. The van der Waals surface area contributed by atoms with Crippen LogP contribution in [0.3, 0.4) is 0 Å². The van der Waals surface area contributed by atoms with E-state index >= 15 is 0 Å². The first-order valence-electron chi connectivity index (χ1n) is 8.23. The normalized spacial score (nSPS) is 15.2. The SMILES string of the molecule is Cc1nn(C)c2c(=O)n(C)c(N3CCN(c4ncccn4)CC3)nc12. The number of rotatable bonds is 2. The first kappa shape index (κ1) is 15.6. The second-order valence-electron chi connectivity index (χ2n) is 6.21. The number of aryl methyl sites for hydroxylation is 2. The van der Waals surface area contributed by atoms with Crippen molar-refractivity contribution in [2.75, 3.05) is 36.0 Å². The summed E-state index contributed by atoms with van der Waals surface area (Å²) >= 11 is 0. The highest BCUT2D eigenvalue weighted by Crippen LogP contribution is 2.19. The van der Waals surface area contributed by atoms with Crippen LogP contribution in [-0.2, 0) is 14.1 Å². The molecule has 4 rings (SSSR count). The molecule has 0 aliphatic carbocycles. The highest BCUT2D eigenvalue weighted by atomic mass is 16.1. The van der Waals surface area contributed by atoms with Crippen LogP contribution in [0.1, 0.15) is 5.69 Å². The van der Waals surface area contributed by atoms with Crippen molar-refractivity contribution in [3.05, 3.63) is 34.5 Å². The average Bonchev–Trinajstić information content (AvgIpc) is 2.93. The van der Waals surface area contributed by atoms with E-state index in [9.17, 15) is 4.79 Å². The molecule has 0 spiro atoms. The molecule has 0 amide bonds. The van der Waals surface area contributed by atoms with Gasteiger partial charge in [-0.2, -0.15) is 5.10 Å². The van der Waals surface area contributed by atoms with E-state index in [4.69, 9.17) is 4.98 Å². The van der Waals surface area contributed by atoms with Gasteiger partial charge in [0.1, 0.15) is 5.52 Å². The van der Waals surface area contributed by atoms with Crippen LogP contribution in [-0.4, -0.2) is 55.5 Å². The Labute approximate surface area is 144 Å². The summed E-state index contributed by atoms with van der Waals surface area (Å²) in [6, 6.07) is 1.81. The maximum Gasteiger partial charge on any atom is 0.280 e. The Bertz CT molecular complexity index is 969. The van der Waals surface area contributed by atoms with Gasteiger partial charge in [0, 0.05) is 52.7 Å². The number of fused-ring (bicyclic) bond motifs is 1. The molecular formula is C16H20N8O. The molecule has 0 aromatic carbocycles. The lowest BCUT2D eigenvalue weighted by Gasteiger charge is -2.35. The van der Waals surface area contributed by atoms with E-state index in [2.05, 4.69) is 24.9 Å². The second kappa shape index (κ2) is 5.83. The molecule has 25 heavy (non-hydrogen) atoms. The van der Waals surface area contributed by atoms with Gasteiger partial charge in [-0.3, -0.25) is 14.0 Å². The fraction of sp³-hybridized carbons (Fsp3) is 0.438. The minimum atomic E-state index is -0.0723. The molecule has 3 aromatic heterocycles. The molecule has 4 heterocycles. The van der Waals surface area contributed by atoms with E-state index in [1.165, 1.54) is 0 Å². The summed E-state index contributed by atoms with van der Waals surface area (Å²) in [6.07, 6.45) is 3.50. The van der Waals surface area contributed by atoms with Gasteiger partial charge in [0.05, 0.1) is 5.69 Å². The van der Waals surface area contributed by atoms with E-state index in [1.54, 1.807) is 35.7 Å². The third-order valence-corrected chi connectivity index (χ3v) is 4.61. The van der Waals surface area contributed by atoms with Gasteiger partial charge in [0.25, 0.3) is 5.56 Å². The van der Waals surface area contributed by atoms with E-state index in [1.807, 2.05) is 13.0 Å². The van der Waals surface area contributed by atoms with Crippen molar-refractivity contribution in [2.45, 2.75) is 6.92 Å². The van der Waals surface area contributed by atoms with Crippen molar-refractivity contribution in [2.24, 2.45) is 14.1 Å². The molecule has 9 heteroatoms. The fourth-order valence-electron chi connectivity index (χ4n) is 3.29. The molecule has 1 fully saturated rings. The molecule has 1 aliphatic heterocycles. The quantitative estimate of drug-likeness (QED) is 0.654. The van der Waals surface area contributed by atoms with Gasteiger partial charge in [-0.05, 0) is 13.0 Å². The molecule has 1 aliphatic rings. The minimum Gasteiger partial charge on any atom is -0.339 e. The Kier molecular flexibility index (Phi) is 3.63. The maximum absolute atomic E-state index is 12.7. The van der Waals surface area contributed by atoms with E-state index in [-0.39, 0.29) is 5.56 Å². The number of hydrogen-bond acceptors (Lipinski definition) is 7. The average molecular weight is 340 g/mol. The monoisotopic (exact) mass is 340 g/mol. The number of anilines is 2. The molecule has 0 atom stereocenters. The summed E-state index contributed by atoms with van der Waals surface area (Å²) in [6.45, 7) is 4.95. The molecule has 0 saturated carbocycles. The van der Waals surface area contributed by atoms with Crippen molar-refractivity contribution >= 4 is 22.9 Å². The fourth-order valence-corrected chi connectivity index (χ4v) is 3.29. The summed E-state index contributed by atoms with van der Waals surface area (Å²) < 4.78 is 3.21. The topological polar surface area (TPSA) is 85.0 Å². The molecule has 0 N–H and O–H groups in total. The number of nitrogens with zero attached hydrogens (tertiary/aromatic N) is 8. The van der Waals surface area contributed by atoms with Crippen LogP contribution in [0, 0.1) is 6.92 Å². The highest BCUT2D eigenvalue weighted by molar-refractivity contribution is 5.77. The van der Waals surface area contributed by atoms with Crippen molar-refractivity contribution in [3.8, 4) is 0 Å². The van der Waals surface area contributed by atoms with Gasteiger partial charge < -0.3 is 9.80 Å². The van der Waals surface area contributed by atoms with E-state index < -0.39 is 0 Å². The van der Waals surface area contributed by atoms with Crippen LogP contribution >= 0.6 is 0 Å². The minimum absolute atomic E-state index is 0.0723. The van der Waals surface area contributed by atoms with Crippen molar-refractivity contribution in [3.63, 3.8) is 0 Å². The summed E-state index contributed by atoms with van der Waals surface area (Å²) in [7, 11) is 3.54. The predicted octanol–water partition coefficient (Wildman–Crippen LogP) is 0.0920. The smallest absolute Gasteiger partial charge is 0.280 e. The molecule has 1 saturated heterocycles. The van der Waals surface area contributed by atoms with Crippen LogP contribution < -0.4 is 15.4 Å². The number of aromatic nitrogens is 6. The molecule has 130 valence electrons. The molecule has 0 unspecified atom stereocenters. The summed E-state index contributed by atoms with van der Waals surface area (Å²) in [5.74, 6) is 1.42. The zero-order valence-corrected chi connectivity index (χ0v) is 14.5. The van der Waals surface area contributed by atoms with Gasteiger partial charge in [-0.15, -0.1) is 0 Å². The lowest BCUT2D eigenvalue weighted by molar-refractivity contribution is 0.612. The summed E-state index contributed by atoms with van der Waals surface area (Å²) in [5.41, 5.74) is 1.92. The molecule has 0 radical (unpaired) electrons. The Morgan fingerprint density at radius 1 is 1.00 bits per heavy atom. The zero-order chi connectivity index (χ0) is 17.6. The molecule has 9 nitrogen and oxygen atoms in total. The Morgan fingerprint density at radius 2 is 1.64 bits per heavy atom. The van der Waals surface area contributed by atoms with Gasteiger partial charge in [0.2, 0.25) is 11.9 Å². The van der Waals surface area contributed by atoms with E-state index in [0.29, 0.717) is 17.0 Å². The van der Waals surface area contributed by atoms with Gasteiger partial charge in [-0.1, -0.05) is 0 Å². The van der Waals surface area contributed by atoms with Crippen LogP contribution in [0.4, 0.5) is 11.9 Å². The van der Waals surface area contributed by atoms with E-state index in [0.717, 1.165) is 37.8 Å². The number of hydrogen-bond donors (Lipinski definition) is 0. The van der Waals surface area contributed by atoms with Crippen LogP contribution in [0.15, 0.2) is 23.3 Å². The lowest BCUT2D eigenvalue weighted by Crippen LogP contribution is -2.48. The number of piperazine rings is 1. The van der Waals surface area contributed by atoms with Crippen LogP contribution in [0.5, 0.6) is 0 Å². The van der Waals surface area contributed by atoms with Crippen LogP contribution in [0.2, 0.25) is 0 Å². The first-order valence-corrected chi connectivity index (χ1v) is 8.23. The highest BCUT2D eigenvalue weighted by Gasteiger charge is 2.23. The van der Waals surface area contributed by atoms with Crippen LogP contribution in [0.25, 0.3) is 11.0 Å². The van der Waals surface area contributed by atoms with Crippen molar-refractivity contribution < 1.29 is 0 Å². The van der Waals surface area contributed by atoms with Gasteiger partial charge in [-0.25, -0.2) is 15.0 Å². The third-order valence-electron chi connectivity index (χ3n) is 4.61. The second-order valence-corrected chi connectivity index (χ2v) is 6.21.